The number of benzene rings is 1. The molecule has 0 spiro atoms. The molecule has 1 heterocycles. The quantitative estimate of drug-likeness (QED) is 0.658. The summed E-state index contributed by atoms with van der Waals surface area (Å²) in [5, 5.41) is 6.17. The van der Waals surface area contributed by atoms with Gasteiger partial charge in [-0.1, -0.05) is 11.6 Å². The molecule has 1 aliphatic rings. The molecule has 160 valence electrons. The number of nitrogens with zero attached hydrogens (tertiary/aromatic N) is 1. The lowest BCUT2D eigenvalue weighted by Gasteiger charge is -2.31. The predicted molar refractivity (Wildman–Crippen MR) is 112 cm³/mol. The summed E-state index contributed by atoms with van der Waals surface area (Å²) in [4.78, 5) is 38.0. The Kier molecular flexibility index (Phi) is 7.52. The maximum atomic E-state index is 12.3. The van der Waals surface area contributed by atoms with Crippen molar-refractivity contribution in [3.8, 4) is 5.75 Å². The highest BCUT2D eigenvalue weighted by Gasteiger charge is 2.39. The summed E-state index contributed by atoms with van der Waals surface area (Å²) < 4.78 is 5.50. The third-order valence-corrected chi connectivity index (χ3v) is 5.43. The smallest absolute Gasteiger partial charge is 0.258 e. The summed E-state index contributed by atoms with van der Waals surface area (Å²) in [5.74, 6) is -0.211. The fourth-order valence-electron chi connectivity index (χ4n) is 3.25. The second-order valence-electron chi connectivity index (χ2n) is 8.38. The number of carbonyl (C=O) groups excluding carboxylic acids is 3. The first-order valence-electron chi connectivity index (χ1n) is 9.73. The number of hydrogen-bond donors (Lipinski definition) is 2. The van der Waals surface area contributed by atoms with Crippen LogP contribution in [-0.4, -0.2) is 54.4 Å². The average Bonchev–Trinajstić information content (AvgIpc) is 3.03. The van der Waals surface area contributed by atoms with E-state index >= 15 is 0 Å². The minimum atomic E-state index is -0.350. The summed E-state index contributed by atoms with van der Waals surface area (Å²) in [6, 6.07) is 3.57. The number of aryl methyl sites for hydroxylation is 2. The van der Waals surface area contributed by atoms with Crippen molar-refractivity contribution in [2.75, 3.05) is 26.2 Å². The molecule has 1 unspecified atom stereocenters. The molecule has 0 saturated carbocycles. The standard InChI is InChI=1S/C21H30ClN3O4/c1-13-8-16(9-14(2)19(13)22)29-12-17(26)23-6-7-24-20(28)15-10-18(27)25(11-15)21(3,4)5/h8-9,15H,6-7,10-12H2,1-5H3,(H,23,26)(H,24,28). The molecule has 7 nitrogen and oxygen atoms in total. The summed E-state index contributed by atoms with van der Waals surface area (Å²) in [5.41, 5.74) is 1.49. The van der Waals surface area contributed by atoms with Gasteiger partial charge in [0.15, 0.2) is 6.61 Å². The number of halogens is 1. The Balaban J connectivity index is 1.68. The first-order valence-corrected chi connectivity index (χ1v) is 10.1. The molecular formula is C21H30ClN3O4. The van der Waals surface area contributed by atoms with Crippen LogP contribution in [-0.2, 0) is 14.4 Å². The van der Waals surface area contributed by atoms with Crippen LogP contribution in [0.25, 0.3) is 0 Å². The highest BCUT2D eigenvalue weighted by molar-refractivity contribution is 6.32. The van der Waals surface area contributed by atoms with Crippen LogP contribution in [0.5, 0.6) is 5.75 Å². The van der Waals surface area contributed by atoms with E-state index in [1.165, 1.54) is 0 Å². The van der Waals surface area contributed by atoms with Gasteiger partial charge >= 0.3 is 0 Å². The highest BCUT2D eigenvalue weighted by atomic mass is 35.5. The number of amides is 3. The zero-order chi connectivity index (χ0) is 21.8. The lowest BCUT2D eigenvalue weighted by Crippen LogP contribution is -2.43. The van der Waals surface area contributed by atoms with Crippen LogP contribution >= 0.6 is 11.6 Å². The molecular weight excluding hydrogens is 394 g/mol. The van der Waals surface area contributed by atoms with E-state index in [-0.39, 0.29) is 48.8 Å². The zero-order valence-corrected chi connectivity index (χ0v) is 18.5. The summed E-state index contributed by atoms with van der Waals surface area (Å²) in [7, 11) is 0. The number of hydrogen-bond acceptors (Lipinski definition) is 4. The van der Waals surface area contributed by atoms with Crippen molar-refractivity contribution < 1.29 is 19.1 Å². The van der Waals surface area contributed by atoms with Gasteiger partial charge in [-0.3, -0.25) is 14.4 Å². The van der Waals surface area contributed by atoms with E-state index < -0.39 is 0 Å². The third-order valence-electron chi connectivity index (χ3n) is 4.83. The van der Waals surface area contributed by atoms with Gasteiger partial charge in [0.2, 0.25) is 11.8 Å². The van der Waals surface area contributed by atoms with Gasteiger partial charge < -0.3 is 20.3 Å². The van der Waals surface area contributed by atoms with E-state index in [1.54, 1.807) is 17.0 Å². The van der Waals surface area contributed by atoms with Gasteiger partial charge in [0.1, 0.15) is 5.75 Å². The third kappa shape index (κ3) is 6.35. The van der Waals surface area contributed by atoms with E-state index in [0.29, 0.717) is 23.9 Å². The first kappa shape index (κ1) is 23.0. The van der Waals surface area contributed by atoms with E-state index in [1.807, 2.05) is 34.6 Å². The number of likely N-dealkylation sites (tertiary alicyclic amines) is 1. The van der Waals surface area contributed by atoms with Crippen molar-refractivity contribution in [2.45, 2.75) is 46.6 Å². The molecule has 0 aliphatic carbocycles. The van der Waals surface area contributed by atoms with Gasteiger partial charge in [0, 0.05) is 36.6 Å². The molecule has 1 saturated heterocycles. The van der Waals surface area contributed by atoms with Crippen LogP contribution in [0.4, 0.5) is 0 Å². The zero-order valence-electron chi connectivity index (χ0n) is 17.7. The van der Waals surface area contributed by atoms with Crippen molar-refractivity contribution in [1.82, 2.24) is 15.5 Å². The van der Waals surface area contributed by atoms with Crippen LogP contribution in [0.15, 0.2) is 12.1 Å². The minimum Gasteiger partial charge on any atom is -0.484 e. The Labute approximate surface area is 177 Å². The molecule has 1 aromatic rings. The molecule has 3 amide bonds. The van der Waals surface area contributed by atoms with Crippen LogP contribution in [0, 0.1) is 19.8 Å². The molecule has 1 aromatic carbocycles. The Hall–Kier alpha value is -2.28. The number of ether oxygens (including phenoxy) is 1. The number of nitrogens with one attached hydrogen (secondary N) is 2. The van der Waals surface area contributed by atoms with Gasteiger partial charge in [-0.15, -0.1) is 0 Å². The normalized spacial score (nSPS) is 16.7. The molecule has 2 rings (SSSR count). The Bertz CT molecular complexity index is 766. The van der Waals surface area contributed by atoms with Crippen molar-refractivity contribution in [2.24, 2.45) is 5.92 Å². The van der Waals surface area contributed by atoms with E-state index in [0.717, 1.165) is 11.1 Å². The Morgan fingerprint density at radius 1 is 1.17 bits per heavy atom. The molecule has 2 N–H and O–H groups in total. The number of carbonyl (C=O) groups is 3. The Morgan fingerprint density at radius 3 is 2.31 bits per heavy atom. The topological polar surface area (TPSA) is 87.7 Å². The molecule has 0 bridgehead atoms. The van der Waals surface area contributed by atoms with Crippen molar-refractivity contribution >= 4 is 29.3 Å². The van der Waals surface area contributed by atoms with Crippen molar-refractivity contribution in [3.05, 3.63) is 28.3 Å². The van der Waals surface area contributed by atoms with Gasteiger partial charge in [-0.05, 0) is 57.9 Å². The van der Waals surface area contributed by atoms with Crippen molar-refractivity contribution in [3.63, 3.8) is 0 Å². The molecule has 1 aliphatic heterocycles. The maximum Gasteiger partial charge on any atom is 0.258 e. The molecule has 0 aromatic heterocycles. The fourth-order valence-corrected chi connectivity index (χ4v) is 3.36. The lowest BCUT2D eigenvalue weighted by atomic mass is 10.1. The summed E-state index contributed by atoms with van der Waals surface area (Å²) >= 11 is 6.12. The maximum absolute atomic E-state index is 12.3. The molecule has 1 fully saturated rings. The highest BCUT2D eigenvalue weighted by Crippen LogP contribution is 2.26. The van der Waals surface area contributed by atoms with E-state index in [4.69, 9.17) is 16.3 Å². The molecule has 8 heteroatoms. The summed E-state index contributed by atoms with van der Waals surface area (Å²) in [6.07, 6.45) is 0.225. The van der Waals surface area contributed by atoms with Gasteiger partial charge in [0.05, 0.1) is 5.92 Å². The number of rotatable bonds is 7. The van der Waals surface area contributed by atoms with E-state index in [9.17, 15) is 14.4 Å². The first-order chi connectivity index (χ1) is 13.5. The SMILES string of the molecule is Cc1cc(OCC(=O)NCCNC(=O)C2CC(=O)N(C(C)(C)C)C2)cc(C)c1Cl. The van der Waals surface area contributed by atoms with E-state index in [2.05, 4.69) is 10.6 Å². The monoisotopic (exact) mass is 423 g/mol. The van der Waals surface area contributed by atoms with Crippen LogP contribution in [0.3, 0.4) is 0 Å². The second kappa shape index (κ2) is 9.48. The molecule has 1 atom stereocenters. The van der Waals surface area contributed by atoms with Gasteiger partial charge in [0.25, 0.3) is 5.91 Å². The fraction of sp³-hybridized carbons (Fsp3) is 0.571. The van der Waals surface area contributed by atoms with Gasteiger partial charge in [-0.2, -0.15) is 0 Å². The Morgan fingerprint density at radius 2 is 1.76 bits per heavy atom. The van der Waals surface area contributed by atoms with Crippen molar-refractivity contribution in [1.29, 1.82) is 0 Å². The average molecular weight is 424 g/mol. The largest absolute Gasteiger partial charge is 0.484 e. The molecule has 29 heavy (non-hydrogen) atoms. The summed E-state index contributed by atoms with van der Waals surface area (Å²) in [6.45, 7) is 10.5. The van der Waals surface area contributed by atoms with Crippen LogP contribution in [0.2, 0.25) is 5.02 Å². The van der Waals surface area contributed by atoms with Crippen LogP contribution in [0.1, 0.15) is 38.3 Å². The minimum absolute atomic E-state index is 0.00391. The molecule has 0 radical (unpaired) electrons. The van der Waals surface area contributed by atoms with Crippen LogP contribution < -0.4 is 15.4 Å². The van der Waals surface area contributed by atoms with Gasteiger partial charge in [-0.25, -0.2) is 0 Å². The second-order valence-corrected chi connectivity index (χ2v) is 8.75. The predicted octanol–water partition coefficient (Wildman–Crippen LogP) is 2.22. The lowest BCUT2D eigenvalue weighted by molar-refractivity contribution is -0.132.